The Labute approximate surface area is 118 Å². The van der Waals surface area contributed by atoms with Gasteiger partial charge in [-0.15, -0.1) is 0 Å². The van der Waals surface area contributed by atoms with Gasteiger partial charge in [-0.25, -0.2) is 8.42 Å². The molecule has 6 nitrogen and oxygen atoms in total. The van der Waals surface area contributed by atoms with Crippen molar-refractivity contribution in [3.63, 3.8) is 0 Å². The van der Waals surface area contributed by atoms with E-state index >= 15 is 0 Å². The van der Waals surface area contributed by atoms with Gasteiger partial charge >= 0.3 is 0 Å². The summed E-state index contributed by atoms with van der Waals surface area (Å²) in [7, 11) is -3.63. The maximum Gasteiger partial charge on any atom is 0.244 e. The van der Waals surface area contributed by atoms with Gasteiger partial charge in [0.2, 0.25) is 10.0 Å². The van der Waals surface area contributed by atoms with E-state index in [1.165, 1.54) is 4.31 Å². The van der Waals surface area contributed by atoms with Gasteiger partial charge in [0.1, 0.15) is 0 Å². The molecule has 1 aromatic rings. The number of amidine groups is 1. The second-order valence-corrected chi connectivity index (χ2v) is 6.93. The molecule has 1 aromatic carbocycles. The fourth-order valence-corrected chi connectivity index (χ4v) is 4.48. The molecule has 110 valence electrons. The molecule has 3 N–H and O–H groups in total. The highest BCUT2D eigenvalue weighted by Gasteiger charge is 2.38. The first-order valence-corrected chi connectivity index (χ1v) is 7.88. The maximum absolute atomic E-state index is 12.7. The lowest BCUT2D eigenvalue weighted by Gasteiger charge is -2.23. The van der Waals surface area contributed by atoms with Gasteiger partial charge in [0, 0.05) is 6.54 Å². The molecule has 0 radical (unpaired) electrons. The highest BCUT2D eigenvalue weighted by atomic mass is 32.2. The summed E-state index contributed by atoms with van der Waals surface area (Å²) in [6, 6.07) is 4.66. The van der Waals surface area contributed by atoms with Gasteiger partial charge in [-0.3, -0.25) is 0 Å². The van der Waals surface area contributed by atoms with Gasteiger partial charge in [0.15, 0.2) is 5.84 Å². The molecule has 1 unspecified atom stereocenters. The Morgan fingerprint density at radius 3 is 2.75 bits per heavy atom. The van der Waals surface area contributed by atoms with Crippen LogP contribution in [0.15, 0.2) is 28.3 Å². The van der Waals surface area contributed by atoms with Crippen molar-refractivity contribution in [2.24, 2.45) is 10.9 Å². The maximum atomic E-state index is 12.7. The second kappa shape index (κ2) is 5.41. The van der Waals surface area contributed by atoms with Gasteiger partial charge in [-0.2, -0.15) is 4.31 Å². The predicted octanol–water partition coefficient (Wildman–Crippen LogP) is 1.20. The van der Waals surface area contributed by atoms with Gasteiger partial charge in [0.05, 0.1) is 10.9 Å². The summed E-state index contributed by atoms with van der Waals surface area (Å²) in [5.74, 6) is -0.0594. The first-order chi connectivity index (χ1) is 9.37. The van der Waals surface area contributed by atoms with E-state index < -0.39 is 16.1 Å². The van der Waals surface area contributed by atoms with Crippen LogP contribution < -0.4 is 5.73 Å². The van der Waals surface area contributed by atoms with Crippen molar-refractivity contribution in [1.82, 2.24) is 4.31 Å². The van der Waals surface area contributed by atoms with Crippen LogP contribution in [0.3, 0.4) is 0 Å². The van der Waals surface area contributed by atoms with Crippen LogP contribution in [-0.2, 0) is 10.0 Å². The van der Waals surface area contributed by atoms with E-state index in [1.807, 2.05) is 13.0 Å². The van der Waals surface area contributed by atoms with E-state index in [0.717, 1.165) is 5.56 Å². The molecule has 2 rings (SSSR count). The summed E-state index contributed by atoms with van der Waals surface area (Å²) < 4.78 is 26.8. The van der Waals surface area contributed by atoms with Crippen molar-refractivity contribution in [3.05, 3.63) is 29.3 Å². The van der Waals surface area contributed by atoms with Gasteiger partial charge in [0.25, 0.3) is 0 Å². The minimum absolute atomic E-state index is 0.0594. The molecule has 0 amide bonds. The van der Waals surface area contributed by atoms with Crippen LogP contribution in [-0.4, -0.2) is 36.4 Å². The molecule has 7 heteroatoms. The molecular weight excluding hydrogens is 278 g/mol. The molecule has 0 bridgehead atoms. The zero-order valence-electron chi connectivity index (χ0n) is 11.6. The third-order valence-corrected chi connectivity index (χ3v) is 5.65. The Hall–Kier alpha value is -1.60. The molecule has 1 aliphatic rings. The number of nitrogens with zero attached hydrogens (tertiary/aromatic N) is 2. The topological polar surface area (TPSA) is 96.0 Å². The van der Waals surface area contributed by atoms with Crippen LogP contribution >= 0.6 is 0 Å². The fourth-order valence-electron chi connectivity index (χ4n) is 2.61. The normalized spacial score (nSPS) is 21.3. The molecular formula is C13H19N3O3S. The Morgan fingerprint density at radius 1 is 1.45 bits per heavy atom. The van der Waals surface area contributed by atoms with Crippen molar-refractivity contribution < 1.29 is 13.6 Å². The van der Waals surface area contributed by atoms with Crippen molar-refractivity contribution in [1.29, 1.82) is 0 Å². The van der Waals surface area contributed by atoms with Crippen molar-refractivity contribution in [2.45, 2.75) is 37.6 Å². The molecule has 20 heavy (non-hydrogen) atoms. The monoisotopic (exact) mass is 297 g/mol. The van der Waals surface area contributed by atoms with E-state index in [-0.39, 0.29) is 10.7 Å². The minimum atomic E-state index is -3.63. The Bertz CT molecular complexity index is 640. The van der Waals surface area contributed by atoms with Crippen molar-refractivity contribution >= 4 is 15.9 Å². The van der Waals surface area contributed by atoms with Gasteiger partial charge in [-0.1, -0.05) is 22.9 Å². The number of oxime groups is 1. The lowest BCUT2D eigenvalue weighted by molar-refractivity contribution is 0.311. The van der Waals surface area contributed by atoms with Crippen LogP contribution in [0, 0.1) is 13.8 Å². The van der Waals surface area contributed by atoms with E-state index in [1.54, 1.807) is 19.1 Å². The van der Waals surface area contributed by atoms with Crippen molar-refractivity contribution in [2.75, 3.05) is 6.54 Å². The first kappa shape index (κ1) is 14.8. The van der Waals surface area contributed by atoms with Gasteiger partial charge in [-0.05, 0) is 38.3 Å². The predicted molar refractivity (Wildman–Crippen MR) is 76.2 cm³/mol. The Morgan fingerprint density at radius 2 is 2.15 bits per heavy atom. The number of sulfonamides is 1. The van der Waals surface area contributed by atoms with E-state index in [9.17, 15) is 8.42 Å². The number of aryl methyl sites for hydroxylation is 2. The average molecular weight is 297 g/mol. The van der Waals surface area contributed by atoms with Gasteiger partial charge < -0.3 is 10.9 Å². The minimum Gasteiger partial charge on any atom is -0.409 e. The number of hydrogen-bond acceptors (Lipinski definition) is 4. The Balaban J connectivity index is 2.44. The lowest BCUT2D eigenvalue weighted by atomic mass is 10.2. The molecule has 0 saturated carbocycles. The highest BCUT2D eigenvalue weighted by Crippen LogP contribution is 2.28. The smallest absolute Gasteiger partial charge is 0.244 e. The summed E-state index contributed by atoms with van der Waals surface area (Å²) in [6.07, 6.45) is 1.27. The van der Waals surface area contributed by atoms with Crippen LogP contribution in [0.4, 0.5) is 0 Å². The molecule has 1 aliphatic heterocycles. The van der Waals surface area contributed by atoms with E-state index in [4.69, 9.17) is 10.9 Å². The second-order valence-electron chi connectivity index (χ2n) is 5.07. The molecule has 0 aromatic heterocycles. The lowest BCUT2D eigenvalue weighted by Crippen LogP contribution is -2.43. The fraction of sp³-hybridized carbons (Fsp3) is 0.462. The van der Waals surface area contributed by atoms with Crippen LogP contribution in [0.2, 0.25) is 0 Å². The number of nitrogens with two attached hydrogens (primary N) is 1. The summed E-state index contributed by atoms with van der Waals surface area (Å²) in [4.78, 5) is 0.278. The van der Waals surface area contributed by atoms with E-state index in [2.05, 4.69) is 5.16 Å². The molecule has 0 aliphatic carbocycles. The zero-order chi connectivity index (χ0) is 14.9. The molecule has 1 fully saturated rings. The summed E-state index contributed by atoms with van der Waals surface area (Å²) in [5.41, 5.74) is 7.31. The Kier molecular flexibility index (Phi) is 4.01. The van der Waals surface area contributed by atoms with Crippen LogP contribution in [0.5, 0.6) is 0 Å². The molecule has 1 atom stereocenters. The SMILES string of the molecule is Cc1ccc(S(=O)(=O)N2CCCC2C(N)=NO)c(C)c1. The van der Waals surface area contributed by atoms with E-state index in [0.29, 0.717) is 24.9 Å². The summed E-state index contributed by atoms with van der Waals surface area (Å²) in [5, 5.41) is 11.7. The molecule has 1 heterocycles. The largest absolute Gasteiger partial charge is 0.409 e. The molecule has 1 saturated heterocycles. The van der Waals surface area contributed by atoms with Crippen molar-refractivity contribution in [3.8, 4) is 0 Å². The summed E-state index contributed by atoms with van der Waals surface area (Å²) >= 11 is 0. The number of rotatable bonds is 3. The summed E-state index contributed by atoms with van der Waals surface area (Å²) in [6.45, 7) is 4.07. The highest BCUT2D eigenvalue weighted by molar-refractivity contribution is 7.89. The van der Waals surface area contributed by atoms with Crippen LogP contribution in [0.25, 0.3) is 0 Å². The zero-order valence-corrected chi connectivity index (χ0v) is 12.4. The number of hydrogen-bond donors (Lipinski definition) is 2. The standard InChI is InChI=1S/C13H19N3O3S/c1-9-5-6-12(10(2)8-9)20(18,19)16-7-3-4-11(16)13(14)15-17/h5-6,8,11,17H,3-4,7H2,1-2H3,(H2,14,15). The first-order valence-electron chi connectivity index (χ1n) is 6.44. The average Bonchev–Trinajstić information content (AvgIpc) is 2.87. The van der Waals surface area contributed by atoms with Crippen LogP contribution in [0.1, 0.15) is 24.0 Å². The number of benzene rings is 1. The third kappa shape index (κ3) is 2.51. The quantitative estimate of drug-likeness (QED) is 0.379. The third-order valence-electron chi connectivity index (χ3n) is 3.58. The molecule has 0 spiro atoms.